The number of benzene rings is 1. The molecule has 1 aromatic carbocycles. The molecule has 5 heteroatoms. The fourth-order valence-electron chi connectivity index (χ4n) is 2.07. The second kappa shape index (κ2) is 6.41. The van der Waals surface area contributed by atoms with Gasteiger partial charge in [0.15, 0.2) is 11.6 Å². The van der Waals surface area contributed by atoms with E-state index in [-0.39, 0.29) is 29.5 Å². The predicted octanol–water partition coefficient (Wildman–Crippen LogP) is 3.08. The van der Waals surface area contributed by atoms with E-state index >= 15 is 0 Å². The maximum atomic E-state index is 12.0. The molecule has 1 aromatic rings. The van der Waals surface area contributed by atoms with E-state index in [1.807, 2.05) is 0 Å². The Hall–Kier alpha value is -2.04. The van der Waals surface area contributed by atoms with Gasteiger partial charge in [-0.25, -0.2) is 0 Å². The Kier molecular flexibility index (Phi) is 5.13. The summed E-state index contributed by atoms with van der Waals surface area (Å²) in [6, 6.07) is 0. The molecule has 0 saturated heterocycles. The Morgan fingerprint density at radius 3 is 1.45 bits per heavy atom. The van der Waals surface area contributed by atoms with Gasteiger partial charge in [-0.15, -0.1) is 0 Å². The Morgan fingerprint density at radius 1 is 0.800 bits per heavy atom. The molecule has 0 aliphatic rings. The van der Waals surface area contributed by atoms with E-state index in [1.54, 1.807) is 13.8 Å². The number of aromatic hydroxyl groups is 3. The number of Topliss-reactive ketones (excluding diaryl/α,β-unsaturated/α-hetero) is 2. The molecular weight excluding hydrogens is 260 g/mol. The van der Waals surface area contributed by atoms with Crippen LogP contribution in [0.15, 0.2) is 0 Å². The number of ketones is 2. The van der Waals surface area contributed by atoms with Gasteiger partial charge in [-0.2, -0.15) is 0 Å². The first-order valence-electron chi connectivity index (χ1n) is 6.70. The minimum Gasteiger partial charge on any atom is -0.507 e. The van der Waals surface area contributed by atoms with E-state index in [4.69, 9.17) is 0 Å². The Balaban J connectivity index is 3.54. The van der Waals surface area contributed by atoms with Crippen LogP contribution in [0.1, 0.15) is 65.8 Å². The largest absolute Gasteiger partial charge is 0.507 e. The molecule has 0 heterocycles. The van der Waals surface area contributed by atoms with Crippen molar-refractivity contribution in [2.24, 2.45) is 0 Å². The maximum Gasteiger partial charge on any atom is 0.170 e. The molecule has 0 bridgehead atoms. The number of rotatable bonds is 6. The van der Waals surface area contributed by atoms with Crippen molar-refractivity contribution in [2.75, 3.05) is 0 Å². The molecule has 0 spiro atoms. The van der Waals surface area contributed by atoms with Crippen molar-refractivity contribution in [1.82, 2.24) is 0 Å². The zero-order valence-corrected chi connectivity index (χ0v) is 12.0. The SMILES string of the molecule is CCCC(=O)c1c(O)c(C)c(O)c(C(=O)CCC)c1O. The lowest BCUT2D eigenvalue weighted by Crippen LogP contribution is -2.07. The molecule has 20 heavy (non-hydrogen) atoms. The molecule has 0 amide bonds. The molecule has 1 rings (SSSR count). The van der Waals surface area contributed by atoms with Crippen LogP contribution in [0, 0.1) is 6.92 Å². The van der Waals surface area contributed by atoms with Gasteiger partial charge in [0.2, 0.25) is 0 Å². The highest BCUT2D eigenvalue weighted by Crippen LogP contribution is 2.42. The number of hydrogen-bond acceptors (Lipinski definition) is 5. The predicted molar refractivity (Wildman–Crippen MR) is 74.7 cm³/mol. The van der Waals surface area contributed by atoms with Gasteiger partial charge in [-0.1, -0.05) is 13.8 Å². The van der Waals surface area contributed by atoms with E-state index in [1.165, 1.54) is 6.92 Å². The third kappa shape index (κ3) is 2.76. The summed E-state index contributed by atoms with van der Waals surface area (Å²) in [6.07, 6.45) is 1.39. The zero-order chi connectivity index (χ0) is 15.4. The molecule has 5 nitrogen and oxygen atoms in total. The van der Waals surface area contributed by atoms with E-state index < -0.39 is 28.8 Å². The second-order valence-electron chi connectivity index (χ2n) is 4.77. The minimum absolute atomic E-state index is 0.0294. The van der Waals surface area contributed by atoms with Gasteiger partial charge in [0.25, 0.3) is 0 Å². The maximum absolute atomic E-state index is 12.0. The average molecular weight is 280 g/mol. The normalized spacial score (nSPS) is 10.6. The van der Waals surface area contributed by atoms with Crippen LogP contribution in [0.2, 0.25) is 0 Å². The lowest BCUT2D eigenvalue weighted by atomic mass is 9.93. The fraction of sp³-hybridized carbons (Fsp3) is 0.467. The topological polar surface area (TPSA) is 94.8 Å². The minimum atomic E-state index is -0.623. The van der Waals surface area contributed by atoms with Crippen LogP contribution in [-0.4, -0.2) is 26.9 Å². The Morgan fingerprint density at radius 2 is 1.15 bits per heavy atom. The molecule has 3 N–H and O–H groups in total. The number of carbonyl (C=O) groups is 2. The molecule has 0 atom stereocenters. The van der Waals surface area contributed by atoms with Gasteiger partial charge >= 0.3 is 0 Å². The first-order chi connectivity index (χ1) is 9.36. The van der Waals surface area contributed by atoms with E-state index in [0.29, 0.717) is 12.8 Å². The van der Waals surface area contributed by atoms with Crippen molar-refractivity contribution in [3.8, 4) is 17.2 Å². The second-order valence-corrected chi connectivity index (χ2v) is 4.77. The molecule has 0 aliphatic heterocycles. The highest BCUT2D eigenvalue weighted by Gasteiger charge is 2.28. The third-order valence-electron chi connectivity index (χ3n) is 3.17. The summed E-state index contributed by atoms with van der Waals surface area (Å²) in [5, 5.41) is 30.0. The first kappa shape index (κ1) is 16.0. The van der Waals surface area contributed by atoms with Gasteiger partial charge in [-0.3, -0.25) is 9.59 Å². The summed E-state index contributed by atoms with van der Waals surface area (Å²) in [4.78, 5) is 23.9. The van der Waals surface area contributed by atoms with E-state index in [2.05, 4.69) is 0 Å². The molecule has 0 fully saturated rings. The number of carbonyl (C=O) groups excluding carboxylic acids is 2. The van der Waals surface area contributed by atoms with Crippen molar-refractivity contribution in [2.45, 2.75) is 46.5 Å². The van der Waals surface area contributed by atoms with Gasteiger partial charge < -0.3 is 15.3 Å². The van der Waals surface area contributed by atoms with Crippen LogP contribution < -0.4 is 0 Å². The summed E-state index contributed by atoms with van der Waals surface area (Å²) < 4.78 is 0. The van der Waals surface area contributed by atoms with Crippen LogP contribution in [-0.2, 0) is 0 Å². The van der Waals surface area contributed by atoms with Gasteiger partial charge in [0.1, 0.15) is 28.4 Å². The third-order valence-corrected chi connectivity index (χ3v) is 3.17. The first-order valence-corrected chi connectivity index (χ1v) is 6.70. The molecule has 0 aromatic heterocycles. The summed E-state index contributed by atoms with van der Waals surface area (Å²) in [5.41, 5.74) is -0.523. The lowest BCUT2D eigenvalue weighted by molar-refractivity contribution is 0.0973. The number of phenols is 3. The van der Waals surface area contributed by atoms with Crippen molar-refractivity contribution in [1.29, 1.82) is 0 Å². The Labute approximate surface area is 117 Å². The molecular formula is C15H20O5. The lowest BCUT2D eigenvalue weighted by Gasteiger charge is -2.15. The van der Waals surface area contributed by atoms with Gasteiger partial charge in [0.05, 0.1) is 0 Å². The van der Waals surface area contributed by atoms with Crippen LogP contribution in [0.4, 0.5) is 0 Å². The average Bonchev–Trinajstić information content (AvgIpc) is 2.37. The summed E-state index contributed by atoms with van der Waals surface area (Å²) in [6.45, 7) is 4.99. The molecule has 110 valence electrons. The highest BCUT2D eigenvalue weighted by atomic mass is 16.3. The standard InChI is InChI=1S/C15H20O5/c1-4-6-9(16)11-13(18)8(3)14(19)12(15(11)20)10(17)7-5-2/h18-20H,4-7H2,1-3H3. The number of phenolic OH excluding ortho intramolecular Hbond substituents is 3. The van der Waals surface area contributed by atoms with Crippen LogP contribution in [0.25, 0.3) is 0 Å². The Bertz CT molecular complexity index is 501. The van der Waals surface area contributed by atoms with Gasteiger partial charge in [-0.05, 0) is 19.8 Å². The van der Waals surface area contributed by atoms with Crippen LogP contribution in [0.3, 0.4) is 0 Å². The molecule has 0 radical (unpaired) electrons. The van der Waals surface area contributed by atoms with Crippen molar-refractivity contribution in [3.05, 3.63) is 16.7 Å². The fourth-order valence-corrected chi connectivity index (χ4v) is 2.07. The quantitative estimate of drug-likeness (QED) is 0.696. The summed E-state index contributed by atoms with van der Waals surface area (Å²) >= 11 is 0. The van der Waals surface area contributed by atoms with E-state index in [0.717, 1.165) is 0 Å². The van der Waals surface area contributed by atoms with Crippen molar-refractivity contribution in [3.63, 3.8) is 0 Å². The van der Waals surface area contributed by atoms with Crippen LogP contribution in [0.5, 0.6) is 17.2 Å². The number of hydrogen-bond donors (Lipinski definition) is 3. The smallest absolute Gasteiger partial charge is 0.170 e. The van der Waals surface area contributed by atoms with Gasteiger partial charge in [0, 0.05) is 18.4 Å². The summed E-state index contributed by atoms with van der Waals surface area (Å²) in [7, 11) is 0. The monoisotopic (exact) mass is 280 g/mol. The molecule has 0 aliphatic carbocycles. The van der Waals surface area contributed by atoms with Crippen LogP contribution >= 0.6 is 0 Å². The zero-order valence-electron chi connectivity index (χ0n) is 12.0. The summed E-state index contributed by atoms with van der Waals surface area (Å²) in [5.74, 6) is -2.45. The van der Waals surface area contributed by atoms with Crippen molar-refractivity contribution >= 4 is 11.6 Å². The van der Waals surface area contributed by atoms with E-state index in [9.17, 15) is 24.9 Å². The highest BCUT2D eigenvalue weighted by molar-refractivity contribution is 6.09. The molecule has 0 saturated carbocycles. The molecule has 0 unspecified atom stereocenters. The van der Waals surface area contributed by atoms with Crippen molar-refractivity contribution < 1.29 is 24.9 Å².